The molecule has 1 fully saturated rings. The van der Waals surface area contributed by atoms with Crippen LogP contribution in [0, 0.1) is 17.8 Å². The van der Waals surface area contributed by atoms with Gasteiger partial charge in [-0.3, -0.25) is 4.79 Å². The Labute approximate surface area is 83.3 Å². The molecular weight excluding hydrogens is 186 g/mol. The molecule has 0 aromatic heterocycles. The molecular formula is C10H14ClNO. The fourth-order valence-electron chi connectivity index (χ4n) is 2.42. The molecule has 0 heterocycles. The molecule has 2 bridgehead atoms. The predicted octanol–water partition coefficient (Wildman–Crippen LogP) is 1.55. The molecule has 72 valence electrons. The fourth-order valence-corrected chi connectivity index (χ4v) is 2.52. The first-order valence-electron chi connectivity index (χ1n) is 4.80. The van der Waals surface area contributed by atoms with E-state index in [0.717, 1.165) is 12.5 Å². The van der Waals surface area contributed by atoms with Gasteiger partial charge in [0.05, 0.1) is 0 Å². The third kappa shape index (κ3) is 1.88. The van der Waals surface area contributed by atoms with Crippen LogP contribution >= 0.6 is 11.6 Å². The average molecular weight is 200 g/mol. The summed E-state index contributed by atoms with van der Waals surface area (Å²) in [6, 6.07) is 0. The Morgan fingerprint density at radius 3 is 2.85 bits per heavy atom. The van der Waals surface area contributed by atoms with Crippen molar-refractivity contribution in [2.75, 3.05) is 12.4 Å². The van der Waals surface area contributed by atoms with E-state index in [9.17, 15) is 4.79 Å². The van der Waals surface area contributed by atoms with E-state index in [1.807, 2.05) is 0 Å². The largest absolute Gasteiger partial charge is 0.355 e. The number of hydrogen-bond acceptors (Lipinski definition) is 1. The number of fused-ring (bicyclic) bond motifs is 2. The second kappa shape index (κ2) is 3.70. The summed E-state index contributed by atoms with van der Waals surface area (Å²) in [7, 11) is 0. The van der Waals surface area contributed by atoms with E-state index in [-0.39, 0.29) is 11.8 Å². The van der Waals surface area contributed by atoms with Crippen LogP contribution in [0.15, 0.2) is 12.2 Å². The maximum atomic E-state index is 10.9. The predicted molar refractivity (Wildman–Crippen MR) is 52.6 cm³/mol. The van der Waals surface area contributed by atoms with Gasteiger partial charge < -0.3 is 5.32 Å². The first kappa shape index (κ1) is 9.07. The highest BCUT2D eigenvalue weighted by Gasteiger charge is 2.35. The highest BCUT2D eigenvalue weighted by Crippen LogP contribution is 2.42. The number of amides is 1. The molecule has 0 radical (unpaired) electrons. The van der Waals surface area contributed by atoms with Gasteiger partial charge in [0.2, 0.25) is 5.91 Å². The Bertz CT molecular complexity index is 239. The molecule has 3 heteroatoms. The second-order valence-corrected chi connectivity index (χ2v) is 4.25. The quantitative estimate of drug-likeness (QED) is 0.543. The number of nitrogens with one attached hydrogen (secondary N) is 1. The van der Waals surface area contributed by atoms with Crippen molar-refractivity contribution in [3.05, 3.63) is 12.2 Å². The Balaban J connectivity index is 1.78. The molecule has 1 N–H and O–H groups in total. The first-order valence-corrected chi connectivity index (χ1v) is 5.34. The third-order valence-corrected chi connectivity index (χ3v) is 3.34. The highest BCUT2D eigenvalue weighted by molar-refractivity contribution is 6.27. The second-order valence-electron chi connectivity index (χ2n) is 3.98. The van der Waals surface area contributed by atoms with Gasteiger partial charge in [-0.05, 0) is 30.6 Å². The lowest BCUT2D eigenvalue weighted by atomic mass is 9.94. The van der Waals surface area contributed by atoms with Gasteiger partial charge in [0.15, 0.2) is 0 Å². The smallest absolute Gasteiger partial charge is 0.234 e. The molecule has 2 aliphatic carbocycles. The minimum absolute atomic E-state index is 0.0478. The normalized spacial score (nSPS) is 35.3. The van der Waals surface area contributed by atoms with Crippen LogP contribution in [0.5, 0.6) is 0 Å². The summed E-state index contributed by atoms with van der Waals surface area (Å²) in [5, 5.41) is 2.85. The topological polar surface area (TPSA) is 29.1 Å². The van der Waals surface area contributed by atoms with Crippen LogP contribution in [0.25, 0.3) is 0 Å². The highest BCUT2D eigenvalue weighted by atomic mass is 35.5. The molecule has 0 saturated heterocycles. The van der Waals surface area contributed by atoms with E-state index in [1.54, 1.807) is 0 Å². The summed E-state index contributed by atoms with van der Waals surface area (Å²) in [6.07, 6.45) is 7.14. The van der Waals surface area contributed by atoms with Crippen LogP contribution in [-0.2, 0) is 4.79 Å². The van der Waals surface area contributed by atoms with Gasteiger partial charge in [0.25, 0.3) is 0 Å². The maximum Gasteiger partial charge on any atom is 0.234 e. The third-order valence-electron chi connectivity index (χ3n) is 3.10. The number of alkyl halides is 1. The number of allylic oxidation sites excluding steroid dienone is 2. The molecule has 1 saturated carbocycles. The lowest BCUT2D eigenvalue weighted by Gasteiger charge is -2.17. The van der Waals surface area contributed by atoms with Crippen molar-refractivity contribution < 1.29 is 4.79 Å². The summed E-state index contributed by atoms with van der Waals surface area (Å²) in [6.45, 7) is 0.803. The van der Waals surface area contributed by atoms with Crippen molar-refractivity contribution in [1.82, 2.24) is 5.32 Å². The van der Waals surface area contributed by atoms with Gasteiger partial charge in [-0.2, -0.15) is 0 Å². The molecule has 2 rings (SSSR count). The Morgan fingerprint density at radius 1 is 1.46 bits per heavy atom. The molecule has 13 heavy (non-hydrogen) atoms. The Morgan fingerprint density at radius 2 is 2.31 bits per heavy atom. The SMILES string of the molecule is O=C(CCl)NC[C@H]1C[C@@H]2C=C[C@H]1C2. The average Bonchev–Trinajstić information content (AvgIpc) is 2.74. The molecule has 0 spiro atoms. The van der Waals surface area contributed by atoms with Gasteiger partial charge in [0.1, 0.15) is 5.88 Å². The van der Waals surface area contributed by atoms with Crippen LogP contribution in [-0.4, -0.2) is 18.3 Å². The summed E-state index contributed by atoms with van der Waals surface area (Å²) >= 11 is 5.39. The minimum Gasteiger partial charge on any atom is -0.355 e. The molecule has 0 aromatic carbocycles. The molecule has 0 aromatic rings. The molecule has 3 atom stereocenters. The zero-order valence-corrected chi connectivity index (χ0v) is 8.26. The monoisotopic (exact) mass is 199 g/mol. The molecule has 0 unspecified atom stereocenters. The summed E-state index contributed by atoms with van der Waals surface area (Å²) < 4.78 is 0. The zero-order chi connectivity index (χ0) is 9.26. The first-order chi connectivity index (χ1) is 6.29. The number of halogens is 1. The van der Waals surface area contributed by atoms with E-state index in [0.29, 0.717) is 11.8 Å². The van der Waals surface area contributed by atoms with Crippen LogP contribution in [0.3, 0.4) is 0 Å². The van der Waals surface area contributed by atoms with Crippen molar-refractivity contribution >= 4 is 17.5 Å². The Hall–Kier alpha value is -0.500. The lowest BCUT2D eigenvalue weighted by molar-refractivity contribution is -0.118. The van der Waals surface area contributed by atoms with Crippen molar-refractivity contribution in [2.24, 2.45) is 17.8 Å². The molecule has 2 aliphatic rings. The zero-order valence-electron chi connectivity index (χ0n) is 7.50. The summed E-state index contributed by atoms with van der Waals surface area (Å²) in [4.78, 5) is 10.9. The summed E-state index contributed by atoms with van der Waals surface area (Å²) in [5.74, 6) is 2.18. The minimum atomic E-state index is -0.0478. The van der Waals surface area contributed by atoms with Gasteiger partial charge >= 0.3 is 0 Å². The van der Waals surface area contributed by atoms with Gasteiger partial charge in [0, 0.05) is 6.54 Å². The van der Waals surface area contributed by atoms with Crippen molar-refractivity contribution in [3.63, 3.8) is 0 Å². The lowest BCUT2D eigenvalue weighted by Crippen LogP contribution is -2.31. The number of hydrogen-bond donors (Lipinski definition) is 1. The van der Waals surface area contributed by atoms with Crippen LogP contribution in [0.2, 0.25) is 0 Å². The number of rotatable bonds is 3. The van der Waals surface area contributed by atoms with Gasteiger partial charge in [-0.1, -0.05) is 12.2 Å². The maximum absolute atomic E-state index is 10.9. The number of carbonyl (C=O) groups excluding carboxylic acids is 1. The van der Waals surface area contributed by atoms with E-state index in [1.165, 1.54) is 12.8 Å². The van der Waals surface area contributed by atoms with Crippen LogP contribution in [0.1, 0.15) is 12.8 Å². The number of carbonyl (C=O) groups is 1. The van der Waals surface area contributed by atoms with E-state index in [4.69, 9.17) is 11.6 Å². The van der Waals surface area contributed by atoms with E-state index in [2.05, 4.69) is 17.5 Å². The molecule has 0 aliphatic heterocycles. The fraction of sp³-hybridized carbons (Fsp3) is 0.700. The van der Waals surface area contributed by atoms with Crippen LogP contribution < -0.4 is 5.32 Å². The van der Waals surface area contributed by atoms with Crippen LogP contribution in [0.4, 0.5) is 0 Å². The molecule has 1 amide bonds. The van der Waals surface area contributed by atoms with E-state index >= 15 is 0 Å². The molecule has 2 nitrogen and oxygen atoms in total. The van der Waals surface area contributed by atoms with Crippen molar-refractivity contribution in [3.8, 4) is 0 Å². The van der Waals surface area contributed by atoms with E-state index < -0.39 is 0 Å². The summed E-state index contributed by atoms with van der Waals surface area (Å²) in [5.41, 5.74) is 0. The Kier molecular flexibility index (Phi) is 2.58. The van der Waals surface area contributed by atoms with Crippen molar-refractivity contribution in [2.45, 2.75) is 12.8 Å². The van der Waals surface area contributed by atoms with Gasteiger partial charge in [-0.25, -0.2) is 0 Å². The van der Waals surface area contributed by atoms with Crippen molar-refractivity contribution in [1.29, 1.82) is 0 Å². The van der Waals surface area contributed by atoms with Gasteiger partial charge in [-0.15, -0.1) is 11.6 Å². The standard InChI is InChI=1S/C10H14ClNO/c11-5-10(13)12-6-9-4-7-1-2-8(9)3-7/h1-2,7-9H,3-6H2,(H,12,13)/t7-,8+,9-/m1/s1.